The molecule has 1 heterocycles. The average Bonchev–Trinajstić information content (AvgIpc) is 3.30. The van der Waals surface area contributed by atoms with Gasteiger partial charge >= 0.3 is 0 Å². The fourth-order valence-corrected chi connectivity index (χ4v) is 2.99. The zero-order valence-electron chi connectivity index (χ0n) is 12.5. The molecule has 5 heteroatoms. The Labute approximate surface area is 125 Å². The molecule has 114 valence electrons. The average molecular weight is 289 g/mol. The van der Waals surface area contributed by atoms with Gasteiger partial charge in [0.1, 0.15) is 0 Å². The molecule has 0 amide bonds. The molecule has 0 aromatic heterocycles. The Bertz CT molecular complexity index is 520. The Morgan fingerprint density at radius 1 is 1.29 bits per heavy atom. The molecule has 5 nitrogen and oxygen atoms in total. The van der Waals surface area contributed by atoms with Gasteiger partial charge in [-0.05, 0) is 51.1 Å². The van der Waals surface area contributed by atoms with Crippen molar-refractivity contribution in [2.24, 2.45) is 5.92 Å². The number of anilines is 1. The van der Waals surface area contributed by atoms with Gasteiger partial charge in [0.2, 0.25) is 0 Å². The topological polar surface area (TPSA) is 58.4 Å². The van der Waals surface area contributed by atoms with Crippen molar-refractivity contribution in [3.63, 3.8) is 0 Å². The zero-order chi connectivity index (χ0) is 14.8. The lowest BCUT2D eigenvalue weighted by molar-refractivity contribution is -0.385. The predicted molar refractivity (Wildman–Crippen MR) is 83.8 cm³/mol. The maximum absolute atomic E-state index is 11.0. The third-order valence-corrected chi connectivity index (χ3v) is 4.64. The lowest BCUT2D eigenvalue weighted by Gasteiger charge is -2.34. The second-order valence-electron chi connectivity index (χ2n) is 6.34. The standard InChI is InChI=1S/C16H23N3O2/c1-12-2-5-15(10-16(12)19(20)21)18-8-6-14(7-9-18)17-11-13-3-4-13/h2,5,10,13-14,17H,3-4,6-9,11H2,1H3. The molecule has 0 unspecified atom stereocenters. The van der Waals surface area contributed by atoms with Gasteiger partial charge in [0, 0.05) is 36.4 Å². The minimum atomic E-state index is -0.289. The van der Waals surface area contributed by atoms with Gasteiger partial charge in [-0.15, -0.1) is 0 Å². The van der Waals surface area contributed by atoms with Crippen LogP contribution in [0.3, 0.4) is 0 Å². The first-order valence-electron chi connectivity index (χ1n) is 7.87. The molecule has 3 rings (SSSR count). The van der Waals surface area contributed by atoms with Crippen LogP contribution in [-0.4, -0.2) is 30.6 Å². The van der Waals surface area contributed by atoms with Crippen LogP contribution in [-0.2, 0) is 0 Å². The van der Waals surface area contributed by atoms with Gasteiger partial charge < -0.3 is 10.2 Å². The first-order chi connectivity index (χ1) is 10.1. The highest BCUT2D eigenvalue weighted by atomic mass is 16.6. The molecule has 1 aromatic rings. The van der Waals surface area contributed by atoms with Crippen molar-refractivity contribution in [3.8, 4) is 0 Å². The van der Waals surface area contributed by atoms with Crippen LogP contribution in [0.15, 0.2) is 18.2 Å². The summed E-state index contributed by atoms with van der Waals surface area (Å²) in [5.74, 6) is 0.919. The van der Waals surface area contributed by atoms with Gasteiger partial charge in [0.25, 0.3) is 5.69 Å². The summed E-state index contributed by atoms with van der Waals surface area (Å²) in [5, 5.41) is 14.7. The van der Waals surface area contributed by atoms with E-state index in [1.807, 2.05) is 12.1 Å². The van der Waals surface area contributed by atoms with E-state index in [-0.39, 0.29) is 10.6 Å². The highest BCUT2D eigenvalue weighted by molar-refractivity contribution is 5.56. The molecule has 1 saturated carbocycles. The number of aryl methyl sites for hydroxylation is 1. The fourth-order valence-electron chi connectivity index (χ4n) is 2.99. The molecular formula is C16H23N3O2. The van der Waals surface area contributed by atoms with E-state index < -0.39 is 0 Å². The van der Waals surface area contributed by atoms with Crippen molar-refractivity contribution < 1.29 is 4.92 Å². The van der Waals surface area contributed by atoms with Crippen molar-refractivity contribution in [1.82, 2.24) is 5.32 Å². The SMILES string of the molecule is Cc1ccc(N2CCC(NCC3CC3)CC2)cc1[N+](=O)[O-]. The molecule has 0 atom stereocenters. The number of nitrogens with one attached hydrogen (secondary N) is 1. The number of nitrogens with zero attached hydrogens (tertiary/aromatic N) is 2. The molecular weight excluding hydrogens is 266 g/mol. The van der Waals surface area contributed by atoms with Crippen LogP contribution < -0.4 is 10.2 Å². The summed E-state index contributed by atoms with van der Waals surface area (Å²) < 4.78 is 0. The van der Waals surface area contributed by atoms with E-state index in [0.29, 0.717) is 6.04 Å². The second kappa shape index (κ2) is 6.02. The number of benzene rings is 1. The first kappa shape index (κ1) is 14.3. The molecule has 1 N–H and O–H groups in total. The highest BCUT2D eigenvalue weighted by Crippen LogP contribution is 2.29. The Hall–Kier alpha value is -1.62. The molecule has 0 radical (unpaired) electrons. The lowest BCUT2D eigenvalue weighted by atomic mass is 10.0. The minimum Gasteiger partial charge on any atom is -0.371 e. The predicted octanol–water partition coefficient (Wildman–Crippen LogP) is 2.87. The Morgan fingerprint density at radius 2 is 2.00 bits per heavy atom. The summed E-state index contributed by atoms with van der Waals surface area (Å²) in [6, 6.07) is 6.18. The van der Waals surface area contributed by atoms with Gasteiger partial charge in [-0.2, -0.15) is 0 Å². The van der Waals surface area contributed by atoms with E-state index in [9.17, 15) is 10.1 Å². The smallest absolute Gasteiger partial charge is 0.274 e. The number of nitro benzene ring substituents is 1. The van der Waals surface area contributed by atoms with E-state index in [1.165, 1.54) is 19.4 Å². The summed E-state index contributed by atoms with van der Waals surface area (Å²) in [6.45, 7) is 4.90. The normalized spacial score (nSPS) is 19.8. The van der Waals surface area contributed by atoms with Crippen LogP contribution in [0.25, 0.3) is 0 Å². The third kappa shape index (κ3) is 3.53. The van der Waals surface area contributed by atoms with Gasteiger partial charge in [0.15, 0.2) is 0 Å². The second-order valence-corrected chi connectivity index (χ2v) is 6.34. The molecule has 1 aliphatic carbocycles. The van der Waals surface area contributed by atoms with E-state index in [2.05, 4.69) is 10.2 Å². The number of hydrogen-bond donors (Lipinski definition) is 1. The molecule has 2 aliphatic rings. The Morgan fingerprint density at radius 3 is 2.62 bits per heavy atom. The van der Waals surface area contributed by atoms with Gasteiger partial charge in [-0.3, -0.25) is 10.1 Å². The van der Waals surface area contributed by atoms with Crippen LogP contribution in [0.2, 0.25) is 0 Å². The van der Waals surface area contributed by atoms with Crippen molar-refractivity contribution in [3.05, 3.63) is 33.9 Å². The molecule has 1 aliphatic heterocycles. The van der Waals surface area contributed by atoms with Gasteiger partial charge in [-0.1, -0.05) is 6.07 Å². The quantitative estimate of drug-likeness (QED) is 0.669. The van der Waals surface area contributed by atoms with Crippen LogP contribution in [0.5, 0.6) is 0 Å². The summed E-state index contributed by atoms with van der Waals surface area (Å²) >= 11 is 0. The number of hydrogen-bond acceptors (Lipinski definition) is 4. The van der Waals surface area contributed by atoms with Crippen LogP contribution in [0.1, 0.15) is 31.2 Å². The maximum Gasteiger partial charge on any atom is 0.274 e. The zero-order valence-corrected chi connectivity index (χ0v) is 12.5. The summed E-state index contributed by atoms with van der Waals surface area (Å²) in [7, 11) is 0. The molecule has 21 heavy (non-hydrogen) atoms. The van der Waals surface area contributed by atoms with Crippen molar-refractivity contribution >= 4 is 11.4 Å². The summed E-state index contributed by atoms with van der Waals surface area (Å²) in [5.41, 5.74) is 1.93. The summed E-state index contributed by atoms with van der Waals surface area (Å²) in [6.07, 6.45) is 5.01. The molecule has 0 bridgehead atoms. The Kier molecular flexibility index (Phi) is 4.10. The number of piperidine rings is 1. The fraction of sp³-hybridized carbons (Fsp3) is 0.625. The highest BCUT2D eigenvalue weighted by Gasteiger charge is 2.25. The van der Waals surface area contributed by atoms with Gasteiger partial charge in [0.05, 0.1) is 4.92 Å². The van der Waals surface area contributed by atoms with E-state index in [1.54, 1.807) is 13.0 Å². The number of nitro groups is 1. The Balaban J connectivity index is 1.58. The molecule has 1 aromatic carbocycles. The lowest BCUT2D eigenvalue weighted by Crippen LogP contribution is -2.43. The number of rotatable bonds is 5. The van der Waals surface area contributed by atoms with Crippen molar-refractivity contribution in [2.75, 3.05) is 24.5 Å². The van der Waals surface area contributed by atoms with E-state index >= 15 is 0 Å². The van der Waals surface area contributed by atoms with E-state index in [0.717, 1.165) is 43.1 Å². The largest absolute Gasteiger partial charge is 0.371 e. The molecule has 2 fully saturated rings. The first-order valence-corrected chi connectivity index (χ1v) is 7.87. The van der Waals surface area contributed by atoms with E-state index in [4.69, 9.17) is 0 Å². The third-order valence-electron chi connectivity index (χ3n) is 4.64. The minimum absolute atomic E-state index is 0.224. The monoisotopic (exact) mass is 289 g/mol. The van der Waals surface area contributed by atoms with Crippen LogP contribution in [0, 0.1) is 23.0 Å². The van der Waals surface area contributed by atoms with Crippen LogP contribution >= 0.6 is 0 Å². The van der Waals surface area contributed by atoms with Crippen LogP contribution in [0.4, 0.5) is 11.4 Å². The van der Waals surface area contributed by atoms with Crippen molar-refractivity contribution in [2.45, 2.75) is 38.6 Å². The summed E-state index contributed by atoms with van der Waals surface area (Å²) in [4.78, 5) is 13.0. The molecule has 1 saturated heterocycles. The molecule has 0 spiro atoms. The maximum atomic E-state index is 11.0. The van der Waals surface area contributed by atoms with Crippen molar-refractivity contribution in [1.29, 1.82) is 0 Å². The van der Waals surface area contributed by atoms with Gasteiger partial charge in [-0.25, -0.2) is 0 Å².